The molecule has 0 radical (unpaired) electrons. The molecule has 0 spiro atoms. The van der Waals surface area contributed by atoms with E-state index in [2.05, 4.69) is 0 Å². The monoisotopic (exact) mass is 548 g/mol. The van der Waals surface area contributed by atoms with Crippen LogP contribution in [0.1, 0.15) is 22.3 Å². The number of urea groups is 1. The molecule has 4 aromatic carbocycles. The Kier molecular flexibility index (Phi) is 7.94. The van der Waals surface area contributed by atoms with Gasteiger partial charge in [0.05, 0.1) is 48.4 Å². The number of carbonyl (C=O) groups is 1. The number of amides is 2. The lowest BCUT2D eigenvalue weighted by atomic mass is 10.1. The summed E-state index contributed by atoms with van der Waals surface area (Å²) in [5.74, 6) is -2.54. The van der Waals surface area contributed by atoms with Crippen molar-refractivity contribution in [2.24, 2.45) is 0 Å². The van der Waals surface area contributed by atoms with Gasteiger partial charge in [-0.1, -0.05) is 24.3 Å². The van der Waals surface area contributed by atoms with E-state index in [-0.39, 0.29) is 68.2 Å². The van der Waals surface area contributed by atoms with Crippen molar-refractivity contribution in [3.63, 3.8) is 0 Å². The summed E-state index contributed by atoms with van der Waals surface area (Å²) in [6.07, 6.45) is 0. The lowest BCUT2D eigenvalue weighted by Gasteiger charge is -2.32. The van der Waals surface area contributed by atoms with Gasteiger partial charge in [0.25, 0.3) is 0 Å². The van der Waals surface area contributed by atoms with Crippen molar-refractivity contribution in [2.45, 2.75) is 26.2 Å². The van der Waals surface area contributed by atoms with Crippen molar-refractivity contribution in [3.05, 3.63) is 95.1 Å². The van der Waals surface area contributed by atoms with Crippen molar-refractivity contribution in [1.29, 1.82) is 0 Å². The highest BCUT2D eigenvalue weighted by atomic mass is 16.3. The number of nitrogens with zero attached hydrogens (tertiary/aromatic N) is 2. The van der Waals surface area contributed by atoms with Crippen LogP contribution in [0.15, 0.2) is 72.8 Å². The first-order chi connectivity index (χ1) is 19.1. The normalized spacial score (nSPS) is 10.8. The number of phenols is 8. The maximum atomic E-state index is 14.2. The summed E-state index contributed by atoms with van der Waals surface area (Å²) in [5.41, 5.74) is -0.105. The lowest BCUT2D eigenvalue weighted by molar-refractivity contribution is 0.138. The van der Waals surface area contributed by atoms with Crippen LogP contribution in [-0.4, -0.2) is 56.7 Å². The van der Waals surface area contributed by atoms with Crippen LogP contribution in [0, 0.1) is 0 Å². The van der Waals surface area contributed by atoms with Crippen LogP contribution in [0.5, 0.6) is 46.0 Å². The molecule has 40 heavy (non-hydrogen) atoms. The number of benzene rings is 4. The maximum Gasteiger partial charge on any atom is 0.321 e. The van der Waals surface area contributed by atoms with E-state index in [1.807, 2.05) is 0 Å². The second-order valence-corrected chi connectivity index (χ2v) is 9.09. The van der Waals surface area contributed by atoms with Gasteiger partial charge in [0.1, 0.15) is 46.0 Å². The van der Waals surface area contributed by atoms with Crippen molar-refractivity contribution >= 4 is 6.03 Å². The molecule has 11 heteroatoms. The van der Waals surface area contributed by atoms with E-state index in [9.17, 15) is 45.6 Å². The minimum absolute atomic E-state index is 0.0264. The summed E-state index contributed by atoms with van der Waals surface area (Å²) in [4.78, 5) is 16.3. The second-order valence-electron chi connectivity index (χ2n) is 9.09. The molecule has 4 aromatic rings. The van der Waals surface area contributed by atoms with Crippen LogP contribution >= 0.6 is 0 Å². The number of rotatable bonds is 8. The predicted octanol–water partition coefficient (Wildman–Crippen LogP) is 4.16. The summed E-state index contributed by atoms with van der Waals surface area (Å²) in [7, 11) is 0. The molecular weight excluding hydrogens is 520 g/mol. The Balaban J connectivity index is 1.81. The predicted molar refractivity (Wildman–Crippen MR) is 143 cm³/mol. The van der Waals surface area contributed by atoms with Crippen molar-refractivity contribution in [2.75, 3.05) is 0 Å². The van der Waals surface area contributed by atoms with Gasteiger partial charge in [0.15, 0.2) is 0 Å². The van der Waals surface area contributed by atoms with E-state index >= 15 is 0 Å². The van der Waals surface area contributed by atoms with E-state index in [4.69, 9.17) is 0 Å². The van der Waals surface area contributed by atoms with Gasteiger partial charge in [0, 0.05) is 0 Å². The molecule has 0 aliphatic rings. The Hall–Kier alpha value is -5.45. The largest absolute Gasteiger partial charge is 0.507 e. The van der Waals surface area contributed by atoms with Gasteiger partial charge in [-0.2, -0.15) is 0 Å². The fraction of sp³-hybridized carbons (Fsp3) is 0.138. The summed E-state index contributed by atoms with van der Waals surface area (Å²) < 4.78 is 0. The lowest BCUT2D eigenvalue weighted by Crippen LogP contribution is -2.42. The molecule has 0 fully saturated rings. The maximum absolute atomic E-state index is 14.2. The van der Waals surface area contributed by atoms with Gasteiger partial charge in [0.2, 0.25) is 0 Å². The third-order valence-electron chi connectivity index (χ3n) is 6.44. The summed E-state index contributed by atoms with van der Waals surface area (Å²) in [6, 6.07) is 15.3. The van der Waals surface area contributed by atoms with E-state index < -0.39 is 32.2 Å². The van der Waals surface area contributed by atoms with Gasteiger partial charge in [-0.05, 0) is 48.5 Å². The van der Waals surface area contributed by atoms with Crippen molar-refractivity contribution in [3.8, 4) is 46.0 Å². The van der Waals surface area contributed by atoms with Crippen LogP contribution in [0.25, 0.3) is 0 Å². The number of aromatic hydroxyl groups is 8. The molecule has 0 saturated heterocycles. The molecule has 11 nitrogen and oxygen atoms in total. The Morgan fingerprint density at radius 2 is 0.575 bits per heavy atom. The molecule has 0 aliphatic carbocycles. The van der Waals surface area contributed by atoms with Crippen LogP contribution in [0.4, 0.5) is 4.79 Å². The topological polar surface area (TPSA) is 185 Å². The first-order valence-corrected chi connectivity index (χ1v) is 12.1. The zero-order valence-corrected chi connectivity index (χ0v) is 21.1. The highest BCUT2D eigenvalue weighted by molar-refractivity contribution is 5.76. The zero-order chi connectivity index (χ0) is 29.0. The first kappa shape index (κ1) is 27.6. The average molecular weight is 549 g/mol. The number of hydrogen-bond donors (Lipinski definition) is 8. The molecule has 0 heterocycles. The van der Waals surface area contributed by atoms with E-state index in [1.165, 1.54) is 72.8 Å². The summed E-state index contributed by atoms with van der Waals surface area (Å²) in [6.45, 7) is -1.61. The molecular formula is C29H28N2O9. The third kappa shape index (κ3) is 5.83. The molecule has 2 amide bonds. The Morgan fingerprint density at radius 3 is 0.750 bits per heavy atom. The van der Waals surface area contributed by atoms with E-state index in [0.717, 1.165) is 9.80 Å². The zero-order valence-electron chi connectivity index (χ0n) is 21.1. The molecule has 8 N–H and O–H groups in total. The first-order valence-electron chi connectivity index (χ1n) is 12.1. The van der Waals surface area contributed by atoms with E-state index in [0.29, 0.717) is 0 Å². The minimum atomic E-state index is -0.824. The molecule has 4 rings (SSSR count). The summed E-state index contributed by atoms with van der Waals surface area (Å²) >= 11 is 0. The Bertz CT molecular complexity index is 1240. The quantitative estimate of drug-likeness (QED) is 0.160. The second kappa shape index (κ2) is 11.5. The molecule has 0 unspecified atom stereocenters. The Morgan fingerprint density at radius 1 is 0.400 bits per heavy atom. The van der Waals surface area contributed by atoms with Gasteiger partial charge in [-0.3, -0.25) is 0 Å². The van der Waals surface area contributed by atoms with Crippen molar-refractivity contribution < 1.29 is 45.6 Å². The van der Waals surface area contributed by atoms with E-state index in [1.54, 1.807) is 0 Å². The summed E-state index contributed by atoms with van der Waals surface area (Å²) in [5, 5.41) is 83.3. The van der Waals surface area contributed by atoms with Crippen LogP contribution in [0.3, 0.4) is 0 Å². The van der Waals surface area contributed by atoms with Gasteiger partial charge >= 0.3 is 6.03 Å². The molecule has 208 valence electrons. The number of hydrogen-bond acceptors (Lipinski definition) is 9. The minimum Gasteiger partial charge on any atom is -0.507 e. The van der Waals surface area contributed by atoms with Crippen LogP contribution in [0.2, 0.25) is 0 Å². The fourth-order valence-electron chi connectivity index (χ4n) is 4.24. The molecule has 0 bridgehead atoms. The SMILES string of the molecule is O=C(N(Cc1c(O)cccc1O)Cc1c(O)cccc1O)N(Cc1c(O)cccc1O)Cc1c(O)cccc1O. The van der Waals surface area contributed by atoms with Gasteiger partial charge < -0.3 is 50.7 Å². The molecule has 0 atom stereocenters. The highest BCUT2D eigenvalue weighted by Gasteiger charge is 2.28. The van der Waals surface area contributed by atoms with Gasteiger partial charge in [-0.15, -0.1) is 0 Å². The third-order valence-corrected chi connectivity index (χ3v) is 6.44. The standard InChI is InChI=1S/C29H28N2O9/c32-21-5-1-6-22(33)17(21)13-30(14-18-23(34)7-2-8-24(18)35)29(40)31(15-19-25(36)9-3-10-26(19)37)16-20-27(38)11-4-12-28(20)39/h1-12,32-39H,13-16H2. The molecule has 0 aliphatic heterocycles. The Labute approximate surface area is 228 Å². The molecule has 0 aromatic heterocycles. The highest BCUT2D eigenvalue weighted by Crippen LogP contribution is 2.35. The number of phenolic OH excluding ortho intramolecular Hbond substituents is 8. The smallest absolute Gasteiger partial charge is 0.321 e. The van der Waals surface area contributed by atoms with Gasteiger partial charge in [-0.25, -0.2) is 4.79 Å². The number of carbonyl (C=O) groups excluding carboxylic acids is 1. The van der Waals surface area contributed by atoms with Crippen LogP contribution in [-0.2, 0) is 26.2 Å². The van der Waals surface area contributed by atoms with Crippen molar-refractivity contribution in [1.82, 2.24) is 9.80 Å². The average Bonchev–Trinajstić information content (AvgIpc) is 2.90. The fourth-order valence-corrected chi connectivity index (χ4v) is 4.24. The van der Waals surface area contributed by atoms with Crippen LogP contribution < -0.4 is 0 Å². The molecule has 0 saturated carbocycles.